The maximum absolute atomic E-state index is 8.68. The third kappa shape index (κ3) is 2.45. The topological polar surface area (TPSA) is 41.5 Å². The lowest BCUT2D eigenvalue weighted by Gasteiger charge is -2.23. The standard InChI is InChI=1S/C11H15NO2S/c1-14-10-2-3-11-9(5-10)4-8(6-12-13)7-15-11/h2-3,5,8,12-13H,4,6-7H2,1H3. The van der Waals surface area contributed by atoms with Crippen molar-refractivity contribution < 1.29 is 9.94 Å². The molecule has 0 spiro atoms. The molecule has 1 atom stereocenters. The number of nitrogens with one attached hydrogen (secondary N) is 1. The lowest BCUT2D eigenvalue weighted by Crippen LogP contribution is -2.25. The van der Waals surface area contributed by atoms with E-state index < -0.39 is 0 Å². The predicted octanol–water partition coefficient (Wildman–Crippen LogP) is 1.94. The van der Waals surface area contributed by atoms with Gasteiger partial charge in [-0.3, -0.25) is 0 Å². The van der Waals surface area contributed by atoms with Crippen LogP contribution in [0, 0.1) is 5.92 Å². The molecule has 1 unspecified atom stereocenters. The summed E-state index contributed by atoms with van der Waals surface area (Å²) in [6.45, 7) is 0.656. The van der Waals surface area contributed by atoms with Crippen molar-refractivity contribution >= 4 is 11.8 Å². The quantitative estimate of drug-likeness (QED) is 0.771. The van der Waals surface area contributed by atoms with E-state index in [1.54, 1.807) is 7.11 Å². The van der Waals surface area contributed by atoms with Gasteiger partial charge < -0.3 is 9.94 Å². The second kappa shape index (κ2) is 4.88. The van der Waals surface area contributed by atoms with E-state index in [-0.39, 0.29) is 0 Å². The number of hydrogen-bond acceptors (Lipinski definition) is 4. The van der Waals surface area contributed by atoms with Gasteiger partial charge in [-0.15, -0.1) is 11.8 Å². The minimum atomic E-state index is 0.500. The van der Waals surface area contributed by atoms with Gasteiger partial charge in [0.1, 0.15) is 5.75 Å². The Balaban J connectivity index is 2.16. The summed E-state index contributed by atoms with van der Waals surface area (Å²) >= 11 is 1.85. The summed E-state index contributed by atoms with van der Waals surface area (Å²) in [5.41, 5.74) is 3.58. The van der Waals surface area contributed by atoms with Gasteiger partial charge in [0.05, 0.1) is 7.11 Å². The van der Waals surface area contributed by atoms with Crippen LogP contribution in [0.3, 0.4) is 0 Å². The fraction of sp³-hybridized carbons (Fsp3) is 0.455. The van der Waals surface area contributed by atoms with E-state index in [9.17, 15) is 0 Å². The maximum atomic E-state index is 8.68. The molecule has 82 valence electrons. The molecule has 1 aromatic carbocycles. The number of thioether (sulfide) groups is 1. The Morgan fingerprint density at radius 1 is 1.60 bits per heavy atom. The van der Waals surface area contributed by atoms with Crippen LogP contribution >= 0.6 is 11.8 Å². The average molecular weight is 225 g/mol. The molecule has 1 aliphatic rings. The summed E-state index contributed by atoms with van der Waals surface area (Å²) in [6.07, 6.45) is 1.01. The van der Waals surface area contributed by atoms with E-state index in [1.165, 1.54) is 10.5 Å². The number of fused-ring (bicyclic) bond motifs is 1. The first kappa shape index (κ1) is 10.8. The second-order valence-corrected chi connectivity index (χ2v) is 4.78. The van der Waals surface area contributed by atoms with E-state index in [2.05, 4.69) is 17.6 Å². The van der Waals surface area contributed by atoms with E-state index in [0.717, 1.165) is 17.9 Å². The van der Waals surface area contributed by atoms with Gasteiger partial charge in [-0.25, -0.2) is 5.48 Å². The van der Waals surface area contributed by atoms with Gasteiger partial charge in [0.25, 0.3) is 0 Å². The number of methoxy groups -OCH3 is 1. The molecule has 0 saturated carbocycles. The molecule has 0 radical (unpaired) electrons. The first-order valence-electron chi connectivity index (χ1n) is 5.00. The number of rotatable bonds is 3. The zero-order valence-electron chi connectivity index (χ0n) is 8.69. The van der Waals surface area contributed by atoms with Crippen molar-refractivity contribution in [3.05, 3.63) is 23.8 Å². The zero-order chi connectivity index (χ0) is 10.7. The van der Waals surface area contributed by atoms with Crippen LogP contribution < -0.4 is 10.2 Å². The molecule has 0 bridgehead atoms. The molecule has 1 heterocycles. The molecular weight excluding hydrogens is 210 g/mol. The zero-order valence-corrected chi connectivity index (χ0v) is 9.51. The van der Waals surface area contributed by atoms with Crippen LogP contribution in [0.4, 0.5) is 0 Å². The fourth-order valence-electron chi connectivity index (χ4n) is 1.82. The summed E-state index contributed by atoms with van der Waals surface area (Å²) in [5, 5.41) is 8.68. The summed E-state index contributed by atoms with van der Waals surface area (Å²) in [6, 6.07) is 6.20. The summed E-state index contributed by atoms with van der Waals surface area (Å²) in [5.74, 6) is 2.47. The number of hydroxylamine groups is 1. The highest BCUT2D eigenvalue weighted by Gasteiger charge is 2.19. The first-order valence-corrected chi connectivity index (χ1v) is 5.98. The maximum Gasteiger partial charge on any atom is 0.119 e. The van der Waals surface area contributed by atoms with Crippen molar-refractivity contribution in [2.75, 3.05) is 19.4 Å². The van der Waals surface area contributed by atoms with Crippen molar-refractivity contribution in [1.82, 2.24) is 5.48 Å². The molecule has 3 nitrogen and oxygen atoms in total. The molecule has 0 fully saturated rings. The van der Waals surface area contributed by atoms with Crippen molar-refractivity contribution in [3.63, 3.8) is 0 Å². The average Bonchev–Trinajstić information content (AvgIpc) is 2.28. The molecule has 1 aliphatic heterocycles. The van der Waals surface area contributed by atoms with Crippen molar-refractivity contribution in [1.29, 1.82) is 0 Å². The highest BCUT2D eigenvalue weighted by atomic mass is 32.2. The normalized spacial score (nSPS) is 19.7. The third-order valence-corrected chi connectivity index (χ3v) is 3.98. The van der Waals surface area contributed by atoms with Crippen LogP contribution in [-0.2, 0) is 6.42 Å². The molecule has 0 saturated heterocycles. The summed E-state index contributed by atoms with van der Waals surface area (Å²) < 4.78 is 5.20. The molecule has 4 heteroatoms. The molecule has 0 aliphatic carbocycles. The largest absolute Gasteiger partial charge is 0.497 e. The SMILES string of the molecule is COc1ccc2c(c1)CC(CNO)CS2. The molecule has 15 heavy (non-hydrogen) atoms. The van der Waals surface area contributed by atoms with Crippen LogP contribution in [0.25, 0.3) is 0 Å². The smallest absolute Gasteiger partial charge is 0.119 e. The molecule has 2 N–H and O–H groups in total. The summed E-state index contributed by atoms with van der Waals surface area (Å²) in [4.78, 5) is 1.34. The van der Waals surface area contributed by atoms with Gasteiger partial charge >= 0.3 is 0 Å². The van der Waals surface area contributed by atoms with Gasteiger partial charge in [-0.05, 0) is 36.1 Å². The van der Waals surface area contributed by atoms with E-state index in [4.69, 9.17) is 9.94 Å². The summed E-state index contributed by atoms with van der Waals surface area (Å²) in [7, 11) is 1.68. The van der Waals surface area contributed by atoms with E-state index in [1.807, 2.05) is 17.8 Å². The van der Waals surface area contributed by atoms with Gasteiger partial charge in [-0.1, -0.05) is 0 Å². The lowest BCUT2D eigenvalue weighted by atomic mass is 10.0. The van der Waals surface area contributed by atoms with Gasteiger partial charge in [0.2, 0.25) is 0 Å². The lowest BCUT2D eigenvalue weighted by molar-refractivity contribution is 0.152. The molecule has 1 aromatic rings. The van der Waals surface area contributed by atoms with E-state index in [0.29, 0.717) is 12.5 Å². The highest BCUT2D eigenvalue weighted by molar-refractivity contribution is 7.99. The number of benzene rings is 1. The van der Waals surface area contributed by atoms with Crippen LogP contribution in [0.15, 0.2) is 23.1 Å². The predicted molar refractivity (Wildman–Crippen MR) is 60.7 cm³/mol. The van der Waals surface area contributed by atoms with Gasteiger partial charge in [0, 0.05) is 17.2 Å². The van der Waals surface area contributed by atoms with Crippen molar-refractivity contribution in [2.24, 2.45) is 5.92 Å². The minimum absolute atomic E-state index is 0.500. The Hall–Kier alpha value is -0.710. The van der Waals surface area contributed by atoms with Crippen molar-refractivity contribution in [3.8, 4) is 5.75 Å². The molecular formula is C11H15NO2S. The van der Waals surface area contributed by atoms with Gasteiger partial charge in [-0.2, -0.15) is 0 Å². The first-order chi connectivity index (χ1) is 7.33. The Bertz CT molecular complexity index is 343. The number of ether oxygens (including phenoxy) is 1. The Morgan fingerprint density at radius 2 is 2.47 bits per heavy atom. The van der Waals surface area contributed by atoms with E-state index >= 15 is 0 Å². The minimum Gasteiger partial charge on any atom is -0.497 e. The highest BCUT2D eigenvalue weighted by Crippen LogP contribution is 2.34. The third-order valence-electron chi connectivity index (χ3n) is 2.63. The Morgan fingerprint density at radius 3 is 3.20 bits per heavy atom. The van der Waals surface area contributed by atoms with Crippen molar-refractivity contribution in [2.45, 2.75) is 11.3 Å². The Labute approximate surface area is 93.8 Å². The van der Waals surface area contributed by atoms with Crippen LogP contribution in [0.5, 0.6) is 5.75 Å². The van der Waals surface area contributed by atoms with Crippen LogP contribution in [-0.4, -0.2) is 24.6 Å². The monoisotopic (exact) mass is 225 g/mol. The molecule has 0 aromatic heterocycles. The Kier molecular flexibility index (Phi) is 3.51. The van der Waals surface area contributed by atoms with Crippen LogP contribution in [0.1, 0.15) is 5.56 Å². The number of hydrogen-bond donors (Lipinski definition) is 2. The molecule has 2 rings (SSSR count). The second-order valence-electron chi connectivity index (χ2n) is 3.72. The van der Waals surface area contributed by atoms with Gasteiger partial charge in [0.15, 0.2) is 0 Å². The van der Waals surface area contributed by atoms with Crippen LogP contribution in [0.2, 0.25) is 0 Å². The molecule has 0 amide bonds. The fourth-order valence-corrected chi connectivity index (χ4v) is 2.96.